The molecule has 5 nitrogen and oxygen atoms in total. The molecule has 0 unspecified atom stereocenters. The second-order valence-corrected chi connectivity index (χ2v) is 9.18. The molecule has 0 aliphatic carbocycles. The number of hydrogen-bond acceptors (Lipinski definition) is 4. The highest BCUT2D eigenvalue weighted by molar-refractivity contribution is 6.09. The molecule has 3 aromatic heterocycles. The lowest BCUT2D eigenvalue weighted by Gasteiger charge is -2.08. The number of nitrogens with zero attached hydrogens (tertiary/aromatic N) is 2. The second kappa shape index (κ2) is 7.42. The molecule has 0 N–H and O–H groups in total. The van der Waals surface area contributed by atoms with Crippen molar-refractivity contribution in [1.82, 2.24) is 9.55 Å². The number of para-hydroxylation sites is 3. The van der Waals surface area contributed by atoms with Crippen LogP contribution in [-0.4, -0.2) is 9.55 Å². The van der Waals surface area contributed by atoms with Gasteiger partial charge in [0.15, 0.2) is 5.58 Å². The van der Waals surface area contributed by atoms with Crippen LogP contribution in [0.15, 0.2) is 123 Å². The maximum absolute atomic E-state index is 13.0. The van der Waals surface area contributed by atoms with Crippen molar-refractivity contribution in [1.29, 1.82) is 0 Å². The van der Waals surface area contributed by atoms with Crippen molar-refractivity contribution in [3.8, 4) is 17.1 Å². The Morgan fingerprint density at radius 2 is 1.22 bits per heavy atom. The third-order valence-corrected chi connectivity index (χ3v) is 7.04. The first-order valence-corrected chi connectivity index (χ1v) is 12.1. The third-order valence-electron chi connectivity index (χ3n) is 7.04. The topological polar surface area (TPSA) is 61.2 Å². The Balaban J connectivity index is 1.26. The van der Waals surface area contributed by atoms with E-state index in [1.807, 2.05) is 24.3 Å². The first kappa shape index (κ1) is 20.1. The van der Waals surface area contributed by atoms with Gasteiger partial charge in [0.05, 0.1) is 21.8 Å². The van der Waals surface area contributed by atoms with Crippen LogP contribution in [0, 0.1) is 0 Å². The summed E-state index contributed by atoms with van der Waals surface area (Å²) in [5, 5.41) is 3.48. The fourth-order valence-electron chi connectivity index (χ4n) is 5.30. The molecule has 5 aromatic carbocycles. The first-order chi connectivity index (χ1) is 18.2. The summed E-state index contributed by atoms with van der Waals surface area (Å²) in [4.78, 5) is 17.7. The fraction of sp³-hybridized carbons (Fsp3) is 0. The SMILES string of the molecule is O=c1c2ccccc2oc2cc3nc(-c4ccc(-n5c6ccccc6c6ccccc65)cc4)oc3cc12. The van der Waals surface area contributed by atoms with Crippen LogP contribution in [0.5, 0.6) is 0 Å². The van der Waals surface area contributed by atoms with Gasteiger partial charge in [-0.25, -0.2) is 4.98 Å². The van der Waals surface area contributed by atoms with Gasteiger partial charge in [-0.3, -0.25) is 4.79 Å². The predicted molar refractivity (Wildman–Crippen MR) is 147 cm³/mol. The van der Waals surface area contributed by atoms with Crippen LogP contribution >= 0.6 is 0 Å². The number of aromatic nitrogens is 2. The number of oxazole rings is 1. The largest absolute Gasteiger partial charge is 0.456 e. The zero-order valence-corrected chi connectivity index (χ0v) is 19.5. The average Bonchev–Trinajstić information content (AvgIpc) is 3.51. The van der Waals surface area contributed by atoms with Crippen LogP contribution in [-0.2, 0) is 0 Å². The monoisotopic (exact) mass is 478 g/mol. The standard InChI is InChI=1S/C32H18N2O3/c35-31-23-9-3-6-12-28(23)36-29-18-25-30(17-24(29)31)37-32(33-25)19-13-15-20(16-14-19)34-26-10-4-1-7-21(26)22-8-2-5-11-27(22)34/h1-18H. The van der Waals surface area contributed by atoms with E-state index in [2.05, 4.69) is 65.2 Å². The predicted octanol–water partition coefficient (Wildman–Crippen LogP) is 7.85. The molecule has 0 amide bonds. The highest BCUT2D eigenvalue weighted by Crippen LogP contribution is 2.33. The molecule has 0 fully saturated rings. The summed E-state index contributed by atoms with van der Waals surface area (Å²) in [7, 11) is 0. The summed E-state index contributed by atoms with van der Waals surface area (Å²) in [6, 6.07) is 35.8. The number of benzene rings is 5. The summed E-state index contributed by atoms with van der Waals surface area (Å²) in [5.41, 5.74) is 6.42. The van der Waals surface area contributed by atoms with Crippen LogP contribution in [0.2, 0.25) is 0 Å². The Morgan fingerprint density at radius 1 is 0.568 bits per heavy atom. The lowest BCUT2D eigenvalue weighted by Crippen LogP contribution is -2.01. The molecule has 0 spiro atoms. The van der Waals surface area contributed by atoms with Crippen molar-refractivity contribution in [3.05, 3.63) is 119 Å². The number of fused-ring (bicyclic) bond motifs is 6. The van der Waals surface area contributed by atoms with Gasteiger partial charge in [0.1, 0.15) is 16.7 Å². The van der Waals surface area contributed by atoms with Gasteiger partial charge in [-0.1, -0.05) is 48.5 Å². The first-order valence-electron chi connectivity index (χ1n) is 12.1. The van der Waals surface area contributed by atoms with E-state index in [4.69, 9.17) is 13.8 Å². The molecule has 174 valence electrons. The van der Waals surface area contributed by atoms with Crippen molar-refractivity contribution < 1.29 is 8.83 Å². The summed E-state index contributed by atoms with van der Waals surface area (Å²) in [6.45, 7) is 0. The minimum Gasteiger partial charge on any atom is -0.456 e. The smallest absolute Gasteiger partial charge is 0.227 e. The zero-order valence-electron chi connectivity index (χ0n) is 19.5. The Labute approximate surface area is 209 Å². The van der Waals surface area contributed by atoms with E-state index < -0.39 is 0 Å². The molecule has 5 heteroatoms. The summed E-state index contributed by atoms with van der Waals surface area (Å²) < 4.78 is 14.4. The summed E-state index contributed by atoms with van der Waals surface area (Å²) in [5.74, 6) is 0.496. The molecular formula is C32H18N2O3. The maximum atomic E-state index is 13.0. The second-order valence-electron chi connectivity index (χ2n) is 9.18. The van der Waals surface area contributed by atoms with Crippen molar-refractivity contribution in [2.75, 3.05) is 0 Å². The number of hydrogen-bond donors (Lipinski definition) is 0. The Kier molecular flexibility index (Phi) is 4.03. The zero-order chi connectivity index (χ0) is 24.5. The van der Waals surface area contributed by atoms with Crippen molar-refractivity contribution in [3.63, 3.8) is 0 Å². The van der Waals surface area contributed by atoms with E-state index in [9.17, 15) is 4.79 Å². The van der Waals surface area contributed by atoms with E-state index in [0.717, 1.165) is 22.3 Å². The lowest BCUT2D eigenvalue weighted by atomic mass is 10.1. The third kappa shape index (κ3) is 2.91. The minimum absolute atomic E-state index is 0.0766. The minimum atomic E-state index is -0.0766. The summed E-state index contributed by atoms with van der Waals surface area (Å²) >= 11 is 0. The molecule has 0 radical (unpaired) electrons. The van der Waals surface area contributed by atoms with Crippen LogP contribution in [0.25, 0.3) is 72.0 Å². The van der Waals surface area contributed by atoms with Gasteiger partial charge in [-0.15, -0.1) is 0 Å². The maximum Gasteiger partial charge on any atom is 0.227 e. The highest BCUT2D eigenvalue weighted by Gasteiger charge is 2.15. The van der Waals surface area contributed by atoms with E-state index >= 15 is 0 Å². The van der Waals surface area contributed by atoms with Crippen LogP contribution in [0.1, 0.15) is 0 Å². The summed E-state index contributed by atoms with van der Waals surface area (Å²) in [6.07, 6.45) is 0. The van der Waals surface area contributed by atoms with Gasteiger partial charge in [0.25, 0.3) is 0 Å². The van der Waals surface area contributed by atoms with Gasteiger partial charge in [-0.05, 0) is 54.6 Å². The Bertz CT molecular complexity index is 2160. The number of rotatable bonds is 2. The van der Waals surface area contributed by atoms with Crippen LogP contribution in [0.4, 0.5) is 0 Å². The van der Waals surface area contributed by atoms with E-state index in [-0.39, 0.29) is 5.43 Å². The van der Waals surface area contributed by atoms with Gasteiger partial charge < -0.3 is 13.4 Å². The van der Waals surface area contributed by atoms with Gasteiger partial charge in [0.2, 0.25) is 11.3 Å². The molecule has 8 aromatic rings. The Hall–Kier alpha value is -5.16. The molecule has 0 aliphatic heterocycles. The molecule has 8 rings (SSSR count). The molecule has 0 saturated carbocycles. The van der Waals surface area contributed by atoms with Crippen molar-refractivity contribution >= 4 is 54.8 Å². The van der Waals surface area contributed by atoms with Crippen LogP contribution in [0.3, 0.4) is 0 Å². The van der Waals surface area contributed by atoms with E-state index in [1.54, 1.807) is 24.3 Å². The van der Waals surface area contributed by atoms with Gasteiger partial charge >= 0.3 is 0 Å². The Morgan fingerprint density at radius 3 is 1.95 bits per heavy atom. The molecule has 3 heterocycles. The van der Waals surface area contributed by atoms with Gasteiger partial charge in [0, 0.05) is 28.1 Å². The van der Waals surface area contributed by atoms with E-state index in [1.165, 1.54) is 10.8 Å². The molecule has 0 aliphatic rings. The normalized spacial score (nSPS) is 11.9. The molecular weight excluding hydrogens is 460 g/mol. The molecule has 37 heavy (non-hydrogen) atoms. The molecule has 0 atom stereocenters. The van der Waals surface area contributed by atoms with Crippen molar-refractivity contribution in [2.45, 2.75) is 0 Å². The molecule has 0 bridgehead atoms. The quantitative estimate of drug-likeness (QED) is 0.237. The van der Waals surface area contributed by atoms with Crippen molar-refractivity contribution in [2.24, 2.45) is 0 Å². The van der Waals surface area contributed by atoms with E-state index in [0.29, 0.717) is 38.9 Å². The van der Waals surface area contributed by atoms with Crippen LogP contribution < -0.4 is 5.43 Å². The highest BCUT2D eigenvalue weighted by atomic mass is 16.4. The molecule has 0 saturated heterocycles. The fourth-order valence-corrected chi connectivity index (χ4v) is 5.30. The lowest BCUT2D eigenvalue weighted by molar-refractivity contribution is 0.619. The van der Waals surface area contributed by atoms with Gasteiger partial charge in [-0.2, -0.15) is 0 Å². The average molecular weight is 479 g/mol.